The zero-order valence-electron chi connectivity index (χ0n) is 24.6. The smallest absolute Gasteiger partial charge is 0.274 e. The van der Waals surface area contributed by atoms with Crippen molar-refractivity contribution in [1.82, 2.24) is 24.6 Å². The highest BCUT2D eigenvalue weighted by atomic mass is 16.1. The van der Waals surface area contributed by atoms with E-state index in [1.54, 1.807) is 6.33 Å². The molecule has 1 saturated heterocycles. The Balaban J connectivity index is 1.26. The number of hydrogen-bond acceptors (Lipinski definition) is 7. The Hall–Kier alpha value is -3.77. The third kappa shape index (κ3) is 5.33. The Kier molecular flexibility index (Phi) is 7.06. The molecule has 9 nitrogen and oxygen atoms in total. The summed E-state index contributed by atoms with van der Waals surface area (Å²) in [5, 5.41) is 24.6. The summed E-state index contributed by atoms with van der Waals surface area (Å²) in [6, 6.07) is 12.5. The van der Waals surface area contributed by atoms with Gasteiger partial charge >= 0.3 is 0 Å². The fraction of sp³-hybridized carbons (Fsp3) is 0.531. The number of nitrogens with one attached hydrogen (secondary N) is 2. The third-order valence-electron chi connectivity index (χ3n) is 9.31. The minimum atomic E-state index is -0.206. The number of carbonyl (C=O) groups excluding carboxylic acids is 1. The van der Waals surface area contributed by atoms with Crippen molar-refractivity contribution in [2.75, 3.05) is 30.3 Å². The molecule has 0 radical (unpaired) electrons. The van der Waals surface area contributed by atoms with Gasteiger partial charge in [0.1, 0.15) is 17.8 Å². The summed E-state index contributed by atoms with van der Waals surface area (Å²) >= 11 is 0. The molecule has 1 aromatic carbocycles. The molecule has 9 heteroatoms. The van der Waals surface area contributed by atoms with E-state index in [1.165, 1.54) is 12.8 Å². The summed E-state index contributed by atoms with van der Waals surface area (Å²) in [7, 11) is 1.95. The third-order valence-corrected chi connectivity index (χ3v) is 9.31. The molecule has 41 heavy (non-hydrogen) atoms. The summed E-state index contributed by atoms with van der Waals surface area (Å²) in [6.45, 7) is 10.5. The minimum absolute atomic E-state index is 0.0235. The van der Waals surface area contributed by atoms with Crippen LogP contribution in [0.2, 0.25) is 0 Å². The molecule has 2 fully saturated rings. The highest BCUT2D eigenvalue weighted by molar-refractivity contribution is 6.03. The predicted octanol–water partition coefficient (Wildman–Crippen LogP) is 4.81. The van der Waals surface area contributed by atoms with E-state index >= 15 is 0 Å². The van der Waals surface area contributed by atoms with Crippen molar-refractivity contribution in [3.63, 3.8) is 0 Å². The van der Waals surface area contributed by atoms with Crippen LogP contribution < -0.4 is 10.6 Å². The number of rotatable bonds is 7. The van der Waals surface area contributed by atoms with E-state index in [9.17, 15) is 10.1 Å². The van der Waals surface area contributed by atoms with Gasteiger partial charge in [-0.15, -0.1) is 10.2 Å². The van der Waals surface area contributed by atoms with E-state index in [2.05, 4.69) is 64.7 Å². The zero-order chi connectivity index (χ0) is 28.8. The Morgan fingerprint density at radius 3 is 2.83 bits per heavy atom. The number of nitrogens with zero attached hydrogens (tertiary/aromatic N) is 6. The van der Waals surface area contributed by atoms with Crippen molar-refractivity contribution >= 4 is 17.3 Å². The molecule has 214 valence electrons. The van der Waals surface area contributed by atoms with E-state index in [0.29, 0.717) is 18.0 Å². The molecule has 6 rings (SSSR count). The van der Waals surface area contributed by atoms with Gasteiger partial charge in [0.25, 0.3) is 5.91 Å². The van der Waals surface area contributed by atoms with Gasteiger partial charge in [0, 0.05) is 55.5 Å². The van der Waals surface area contributed by atoms with Gasteiger partial charge in [0.15, 0.2) is 0 Å². The van der Waals surface area contributed by atoms with Crippen molar-refractivity contribution in [2.24, 2.45) is 18.9 Å². The van der Waals surface area contributed by atoms with Gasteiger partial charge in [-0.3, -0.25) is 9.69 Å². The standard InChI is InChI=1S/C32H40N8O/c1-21-7-6-10-40(17-21)18-23-11-26(37-29-28(23)34-19-31(29,2)3)30(41)36-25-9-5-8-24(12-25)32(13-22(14-32)16-33)15-27-38-35-20-39(27)4/h5,8-9,11-12,20-22,34H,6-7,10,13-15,17-19H2,1-4H3,(H,36,41)/t21-,22-,32-/m0/s1. The van der Waals surface area contributed by atoms with Crippen LogP contribution in [0.1, 0.15) is 79.6 Å². The van der Waals surface area contributed by atoms with Crippen LogP contribution in [0.3, 0.4) is 0 Å². The van der Waals surface area contributed by atoms with E-state index in [1.807, 2.05) is 29.8 Å². The number of hydrogen-bond donors (Lipinski definition) is 2. The summed E-state index contributed by atoms with van der Waals surface area (Å²) in [5.74, 6) is 1.40. The van der Waals surface area contributed by atoms with Crippen LogP contribution in [0.4, 0.5) is 11.4 Å². The average Bonchev–Trinajstić information content (AvgIpc) is 3.47. The first-order valence-corrected chi connectivity index (χ1v) is 14.8. The van der Waals surface area contributed by atoms with Crippen LogP contribution in [0.15, 0.2) is 36.7 Å². The van der Waals surface area contributed by atoms with Gasteiger partial charge in [-0.2, -0.15) is 5.26 Å². The minimum Gasteiger partial charge on any atom is -0.382 e. The maximum atomic E-state index is 13.7. The first kappa shape index (κ1) is 27.4. The fourth-order valence-corrected chi connectivity index (χ4v) is 6.94. The molecule has 2 aliphatic heterocycles. The molecule has 3 aliphatic rings. The number of pyridine rings is 1. The molecular weight excluding hydrogens is 512 g/mol. The van der Waals surface area contributed by atoms with E-state index in [0.717, 1.165) is 73.0 Å². The molecule has 2 N–H and O–H groups in total. The highest BCUT2D eigenvalue weighted by Crippen LogP contribution is 2.50. The lowest BCUT2D eigenvalue weighted by Crippen LogP contribution is -2.43. The van der Waals surface area contributed by atoms with Crippen LogP contribution in [0.5, 0.6) is 0 Å². The second-order valence-electron chi connectivity index (χ2n) is 13.2. The summed E-state index contributed by atoms with van der Waals surface area (Å²) in [4.78, 5) is 21.1. The van der Waals surface area contributed by atoms with Gasteiger partial charge in [-0.25, -0.2) is 4.98 Å². The van der Waals surface area contributed by atoms with Crippen molar-refractivity contribution in [3.8, 4) is 6.07 Å². The van der Waals surface area contributed by atoms with Crippen LogP contribution in [0, 0.1) is 23.2 Å². The van der Waals surface area contributed by atoms with Crippen LogP contribution in [-0.4, -0.2) is 50.2 Å². The average molecular weight is 553 g/mol. The van der Waals surface area contributed by atoms with Gasteiger partial charge in [0.05, 0.1) is 17.5 Å². The summed E-state index contributed by atoms with van der Waals surface area (Å²) in [5.41, 5.74) is 5.15. The lowest BCUT2D eigenvalue weighted by Gasteiger charge is -2.45. The Morgan fingerprint density at radius 2 is 2.10 bits per heavy atom. The van der Waals surface area contributed by atoms with Crippen molar-refractivity contribution < 1.29 is 4.79 Å². The van der Waals surface area contributed by atoms with Gasteiger partial charge < -0.3 is 15.2 Å². The lowest BCUT2D eigenvalue weighted by atomic mass is 9.57. The molecule has 0 spiro atoms. The van der Waals surface area contributed by atoms with Crippen molar-refractivity contribution in [3.05, 3.63) is 65.0 Å². The number of anilines is 2. The number of nitriles is 1. The van der Waals surface area contributed by atoms with E-state index < -0.39 is 0 Å². The Labute approximate surface area is 242 Å². The largest absolute Gasteiger partial charge is 0.382 e. The Bertz CT molecular complexity index is 1500. The molecule has 4 heterocycles. The topological polar surface area (TPSA) is 112 Å². The quantitative estimate of drug-likeness (QED) is 0.433. The van der Waals surface area contributed by atoms with Gasteiger partial charge in [-0.05, 0) is 67.5 Å². The number of piperidine rings is 1. The van der Waals surface area contributed by atoms with Crippen LogP contribution in [-0.2, 0) is 30.8 Å². The first-order chi connectivity index (χ1) is 19.7. The van der Waals surface area contributed by atoms with Crippen molar-refractivity contribution in [1.29, 1.82) is 5.26 Å². The molecule has 1 amide bonds. The maximum absolute atomic E-state index is 13.7. The zero-order valence-corrected chi connectivity index (χ0v) is 24.6. The second-order valence-corrected chi connectivity index (χ2v) is 13.2. The normalized spacial score (nSPS) is 25.0. The predicted molar refractivity (Wildman–Crippen MR) is 159 cm³/mol. The highest BCUT2D eigenvalue weighted by Gasteiger charge is 2.46. The number of fused-ring (bicyclic) bond motifs is 1. The number of benzene rings is 1. The SMILES string of the molecule is C[C@H]1CCCN(Cc2cc(C(=O)Nc3cccc([C@]4(Cc5nncn5C)C[C@@H](C#N)C4)c3)nc3c2NCC3(C)C)C1. The molecule has 1 atom stereocenters. The number of aromatic nitrogens is 4. The molecule has 2 aromatic heterocycles. The molecule has 1 aliphatic carbocycles. The molecule has 0 bridgehead atoms. The fourth-order valence-electron chi connectivity index (χ4n) is 6.94. The van der Waals surface area contributed by atoms with E-state index in [-0.39, 0.29) is 22.7 Å². The van der Waals surface area contributed by atoms with E-state index in [4.69, 9.17) is 4.98 Å². The molecule has 0 unspecified atom stereocenters. The second kappa shape index (κ2) is 10.6. The van der Waals surface area contributed by atoms with Crippen LogP contribution in [0.25, 0.3) is 0 Å². The number of likely N-dealkylation sites (tertiary alicyclic amines) is 1. The summed E-state index contributed by atoms with van der Waals surface area (Å²) < 4.78 is 1.94. The van der Waals surface area contributed by atoms with Gasteiger partial charge in [0.2, 0.25) is 0 Å². The van der Waals surface area contributed by atoms with Gasteiger partial charge in [-0.1, -0.05) is 32.9 Å². The first-order valence-electron chi connectivity index (χ1n) is 14.8. The van der Waals surface area contributed by atoms with Crippen molar-refractivity contribution in [2.45, 2.75) is 70.3 Å². The lowest BCUT2D eigenvalue weighted by molar-refractivity contribution is 0.102. The number of carbonyl (C=O) groups is 1. The maximum Gasteiger partial charge on any atom is 0.274 e. The monoisotopic (exact) mass is 552 g/mol. The summed E-state index contributed by atoms with van der Waals surface area (Å²) in [6.07, 6.45) is 6.43. The molecule has 1 saturated carbocycles. The molecular formula is C32H40N8O. The molecule has 3 aromatic rings. The van der Waals surface area contributed by atoms with Crippen LogP contribution >= 0.6 is 0 Å². The number of amides is 1. The Morgan fingerprint density at radius 1 is 1.27 bits per heavy atom. The number of aryl methyl sites for hydroxylation is 1.